The van der Waals surface area contributed by atoms with E-state index in [2.05, 4.69) is 12.9 Å². The minimum atomic E-state index is -1.83. The molecule has 0 rings (SSSR count). The summed E-state index contributed by atoms with van der Waals surface area (Å²) in [6.07, 6.45) is -1.83. The van der Waals surface area contributed by atoms with Gasteiger partial charge in [0.1, 0.15) is 0 Å². The van der Waals surface area contributed by atoms with Crippen LogP contribution in [0.4, 0.5) is 4.79 Å². The molecule has 0 aromatic heterocycles. The Hall–Kier alpha value is 0.580. The zero-order valence-corrected chi connectivity index (χ0v) is 3.59. The Bertz CT molecular complexity index is 34.7. The van der Waals surface area contributed by atoms with E-state index >= 15 is 0 Å². The van der Waals surface area contributed by atoms with Gasteiger partial charge in [0.05, 0.1) is 0 Å². The average molecular weight is 136 g/mol. The van der Waals surface area contributed by atoms with Gasteiger partial charge in [-0.3, -0.25) is 0 Å². The number of carbonyl (C=O) groups is 1. The first-order chi connectivity index (χ1) is 2.73. The molecule has 7 heavy (non-hydrogen) atoms. The Morgan fingerprint density at radius 1 is 1.29 bits per heavy atom. The third kappa shape index (κ3) is 410. The molecule has 0 aromatic carbocycles. The molecule has 0 aromatic rings. The predicted molar refractivity (Wildman–Crippen MR) is 29.4 cm³/mol. The summed E-state index contributed by atoms with van der Waals surface area (Å²) < 4.78 is 6.69. The Kier molecular flexibility index (Phi) is 35.7. The van der Waals surface area contributed by atoms with Crippen LogP contribution in [0.25, 0.3) is 0 Å². The van der Waals surface area contributed by atoms with E-state index in [-0.39, 0.29) is 29.6 Å². The summed E-state index contributed by atoms with van der Waals surface area (Å²) in [5.41, 5.74) is 0. The van der Waals surface area contributed by atoms with Gasteiger partial charge in [0.25, 0.3) is 0 Å². The maximum atomic E-state index is 8.56. The molecule has 0 heterocycles. The van der Waals surface area contributed by atoms with Crippen molar-refractivity contribution in [2.24, 2.45) is 0 Å². The van der Waals surface area contributed by atoms with Gasteiger partial charge in [0.15, 0.2) is 0 Å². The molecule has 0 aliphatic carbocycles. The Morgan fingerprint density at radius 3 is 1.29 bits per heavy atom. The van der Waals surface area contributed by atoms with E-state index in [0.717, 1.165) is 0 Å². The van der Waals surface area contributed by atoms with Crippen molar-refractivity contribution in [2.45, 2.75) is 0 Å². The first kappa shape index (κ1) is 15.6. The molecule has 0 amide bonds. The van der Waals surface area contributed by atoms with Gasteiger partial charge >= 0.3 is 35.7 Å². The zero-order chi connectivity index (χ0) is 5.58. The van der Waals surface area contributed by atoms with Crippen molar-refractivity contribution in [2.75, 3.05) is 0 Å². The quantitative estimate of drug-likeness (QED) is 0.214. The third-order valence-electron chi connectivity index (χ3n) is 0. The monoisotopic (exact) mass is 136 g/mol. The fourth-order valence-electron chi connectivity index (χ4n) is 0. The number of hydrogen-bond acceptors (Lipinski definition) is 3. The summed E-state index contributed by atoms with van der Waals surface area (Å²) in [6.45, 7) is 0. The minimum absolute atomic E-state index is 0. The van der Waals surface area contributed by atoms with Crippen LogP contribution in [0.15, 0.2) is 0 Å². The summed E-state index contributed by atoms with van der Waals surface area (Å²) in [5.74, 6) is 0. The van der Waals surface area contributed by atoms with Crippen molar-refractivity contribution in [1.82, 2.24) is 0 Å². The number of hydrogen-bond donors (Lipinski definition) is 4. The Balaban J connectivity index is -0.0000000480. The number of thiol groups is 1. The molecule has 0 atom stereocenters. The molecule has 0 aliphatic heterocycles. The zero-order valence-electron chi connectivity index (χ0n) is 2.70. The van der Waals surface area contributed by atoms with E-state index in [1.807, 2.05) is 0 Å². The Morgan fingerprint density at radius 2 is 1.29 bits per heavy atom. The van der Waals surface area contributed by atoms with Gasteiger partial charge in [0.2, 0.25) is 0 Å². The molecule has 0 bridgehead atoms. The van der Waals surface area contributed by atoms with Crippen molar-refractivity contribution in [1.29, 1.82) is 0 Å². The van der Waals surface area contributed by atoms with Gasteiger partial charge in [-0.25, -0.2) is 4.79 Å². The first-order valence-electron chi connectivity index (χ1n) is 0.851. The molecule has 0 unspecified atom stereocenters. The van der Waals surface area contributed by atoms with Gasteiger partial charge in [-0.15, -0.1) is 0 Å². The number of rotatable bonds is 0. The van der Waals surface area contributed by atoms with Crippen LogP contribution in [0.1, 0.15) is 0 Å². The van der Waals surface area contributed by atoms with Gasteiger partial charge < -0.3 is 14.8 Å². The van der Waals surface area contributed by atoms with Crippen LogP contribution in [0.3, 0.4) is 0 Å². The molecule has 0 saturated heterocycles. The molecule has 0 saturated carbocycles. The van der Waals surface area contributed by atoms with E-state index in [1.165, 1.54) is 0 Å². The first-order valence-corrected chi connectivity index (χ1v) is 1.25. The van der Waals surface area contributed by atoms with Crippen LogP contribution < -0.4 is 0 Å². The molecule has 40 valence electrons. The molecule has 0 fully saturated rings. The van der Waals surface area contributed by atoms with Gasteiger partial charge in [0, 0.05) is 0 Å². The van der Waals surface area contributed by atoms with E-state index in [9.17, 15) is 0 Å². The molecule has 0 aliphatic rings. The predicted octanol–water partition coefficient (Wildman–Crippen LogP) is -0.0369. The summed E-state index contributed by atoms with van der Waals surface area (Å²) in [7, 11) is 0. The number of carboxylic acid groups (broad SMARTS) is 2. The fourth-order valence-corrected chi connectivity index (χ4v) is 0. The van der Waals surface area contributed by atoms with E-state index in [0.29, 0.717) is 0 Å². The second-order valence-corrected chi connectivity index (χ2v) is 0.283. The van der Waals surface area contributed by atoms with Crippen LogP contribution in [-0.2, 0) is 0 Å². The standard InChI is InChI=1S/CH2O3.Na.H2OS.H/c2-1(3)4;;1-2;/h(H2,2,3,4);;1-2H;. The van der Waals surface area contributed by atoms with Crippen LogP contribution >= 0.6 is 12.9 Å². The van der Waals surface area contributed by atoms with Crippen molar-refractivity contribution in [3.8, 4) is 0 Å². The molecular formula is CH5NaO4S. The van der Waals surface area contributed by atoms with Crippen LogP contribution in [0.2, 0.25) is 0 Å². The summed E-state index contributed by atoms with van der Waals surface area (Å²) >= 11 is 2.53. The van der Waals surface area contributed by atoms with Gasteiger partial charge in [-0.05, 0) is 12.9 Å². The van der Waals surface area contributed by atoms with E-state index in [4.69, 9.17) is 19.6 Å². The maximum absolute atomic E-state index is 8.56. The molecule has 3 N–H and O–H groups in total. The normalized spacial score (nSPS) is 4.29. The van der Waals surface area contributed by atoms with Crippen LogP contribution in [-0.4, -0.2) is 50.5 Å². The van der Waals surface area contributed by atoms with E-state index < -0.39 is 6.16 Å². The third-order valence-corrected chi connectivity index (χ3v) is 0. The average Bonchev–Trinajstić information content (AvgIpc) is 1.41. The van der Waals surface area contributed by atoms with Crippen LogP contribution in [0, 0.1) is 0 Å². The van der Waals surface area contributed by atoms with Gasteiger partial charge in [-0.1, -0.05) is 0 Å². The second kappa shape index (κ2) is 16.0. The van der Waals surface area contributed by atoms with Crippen LogP contribution in [0.5, 0.6) is 0 Å². The van der Waals surface area contributed by atoms with Crippen molar-refractivity contribution >= 4 is 48.6 Å². The molecule has 6 heteroatoms. The molecule has 0 spiro atoms. The van der Waals surface area contributed by atoms with Crippen molar-refractivity contribution in [3.05, 3.63) is 0 Å². The van der Waals surface area contributed by atoms with Crippen molar-refractivity contribution < 1.29 is 19.6 Å². The summed E-state index contributed by atoms with van der Waals surface area (Å²) in [5, 5.41) is 13.9. The van der Waals surface area contributed by atoms with Gasteiger partial charge in [-0.2, -0.15) is 0 Å². The Labute approximate surface area is 68.1 Å². The molecule has 0 radical (unpaired) electrons. The molecular weight excluding hydrogens is 131 g/mol. The summed E-state index contributed by atoms with van der Waals surface area (Å²) in [4.78, 5) is 8.56. The van der Waals surface area contributed by atoms with E-state index in [1.54, 1.807) is 0 Å². The SMILES string of the molecule is O=C(O)O.OS.[NaH]. The topological polar surface area (TPSA) is 77.8 Å². The van der Waals surface area contributed by atoms with Crippen molar-refractivity contribution in [3.63, 3.8) is 0 Å². The fraction of sp³-hybridized carbons (Fsp3) is 0. The summed E-state index contributed by atoms with van der Waals surface area (Å²) in [6, 6.07) is 0. The molecule has 4 nitrogen and oxygen atoms in total. The second-order valence-electron chi connectivity index (χ2n) is 0.283.